The average Bonchev–Trinajstić information content (AvgIpc) is 2.86. The Kier molecular flexibility index (Phi) is 3.03. The lowest BCUT2D eigenvalue weighted by molar-refractivity contribution is 0.101. The van der Waals surface area contributed by atoms with E-state index in [0.29, 0.717) is 16.7 Å². The molecular formula is C19H12O5. The number of rotatable bonds is 1. The van der Waals surface area contributed by atoms with Gasteiger partial charge in [-0.3, -0.25) is 4.79 Å². The summed E-state index contributed by atoms with van der Waals surface area (Å²) < 4.78 is 10.9. The van der Waals surface area contributed by atoms with Crippen molar-refractivity contribution in [1.82, 2.24) is 0 Å². The van der Waals surface area contributed by atoms with Gasteiger partial charge in [0.15, 0.2) is 11.3 Å². The van der Waals surface area contributed by atoms with Gasteiger partial charge in [-0.25, -0.2) is 4.79 Å². The molecule has 0 bridgehead atoms. The highest BCUT2D eigenvalue weighted by molar-refractivity contribution is 6.20. The number of Topliss-reactive ketones (excluding diaryl/α,β-unsaturated/α-hetero) is 1. The largest absolute Gasteiger partial charge is 0.508 e. The van der Waals surface area contributed by atoms with Gasteiger partial charge in [-0.15, -0.1) is 0 Å². The fourth-order valence-electron chi connectivity index (χ4n) is 2.77. The molecule has 0 unspecified atom stereocenters. The zero-order valence-electron chi connectivity index (χ0n) is 12.7. The molecule has 2 aromatic carbocycles. The molecule has 0 radical (unpaired) electrons. The van der Waals surface area contributed by atoms with Crippen LogP contribution in [0, 0.1) is 6.92 Å². The van der Waals surface area contributed by atoms with Crippen LogP contribution in [0.25, 0.3) is 17.0 Å². The Bertz CT molecular complexity index is 1070. The van der Waals surface area contributed by atoms with Crippen LogP contribution in [0.1, 0.15) is 21.5 Å². The van der Waals surface area contributed by atoms with Crippen molar-refractivity contribution in [3.63, 3.8) is 0 Å². The number of ether oxygens (including phenoxy) is 1. The molecule has 24 heavy (non-hydrogen) atoms. The first-order chi connectivity index (χ1) is 11.5. The Labute approximate surface area is 136 Å². The number of aryl methyl sites for hydroxylation is 1. The van der Waals surface area contributed by atoms with Crippen molar-refractivity contribution in [1.29, 1.82) is 0 Å². The van der Waals surface area contributed by atoms with Crippen LogP contribution >= 0.6 is 0 Å². The molecule has 0 spiro atoms. The molecule has 0 amide bonds. The molecule has 5 heteroatoms. The summed E-state index contributed by atoms with van der Waals surface area (Å²) in [5.41, 5.74) is 1.46. The third-order valence-electron chi connectivity index (χ3n) is 3.94. The second-order valence-electron chi connectivity index (χ2n) is 5.60. The third kappa shape index (κ3) is 2.18. The quantitative estimate of drug-likeness (QED) is 0.549. The average molecular weight is 320 g/mol. The first-order valence-electron chi connectivity index (χ1n) is 7.34. The maximum Gasteiger partial charge on any atom is 0.336 e. The summed E-state index contributed by atoms with van der Waals surface area (Å²) in [4.78, 5) is 24.4. The maximum atomic E-state index is 12.7. The van der Waals surface area contributed by atoms with E-state index in [1.807, 2.05) is 0 Å². The van der Waals surface area contributed by atoms with Gasteiger partial charge < -0.3 is 14.3 Å². The van der Waals surface area contributed by atoms with Crippen molar-refractivity contribution < 1.29 is 19.1 Å². The van der Waals surface area contributed by atoms with Gasteiger partial charge in [0.05, 0.1) is 0 Å². The molecule has 0 saturated heterocycles. The lowest BCUT2D eigenvalue weighted by atomic mass is 10.0. The molecule has 3 aromatic rings. The Morgan fingerprint density at radius 2 is 1.79 bits per heavy atom. The van der Waals surface area contributed by atoms with E-state index in [-0.39, 0.29) is 28.4 Å². The van der Waals surface area contributed by atoms with E-state index in [1.165, 1.54) is 18.2 Å². The molecule has 4 rings (SSSR count). The van der Waals surface area contributed by atoms with Crippen molar-refractivity contribution >= 4 is 22.8 Å². The molecule has 0 fully saturated rings. The minimum absolute atomic E-state index is 0.141. The summed E-state index contributed by atoms with van der Waals surface area (Å²) in [6, 6.07) is 11.2. The monoisotopic (exact) mass is 320 g/mol. The Balaban J connectivity index is 1.87. The van der Waals surface area contributed by atoms with Crippen LogP contribution in [-0.2, 0) is 0 Å². The predicted octanol–water partition coefficient (Wildman–Crippen LogP) is 3.42. The summed E-state index contributed by atoms with van der Waals surface area (Å²) in [6.07, 6.45) is 1.58. The van der Waals surface area contributed by atoms with Gasteiger partial charge in [-0.05, 0) is 48.4 Å². The van der Waals surface area contributed by atoms with Crippen LogP contribution < -0.4 is 10.4 Å². The van der Waals surface area contributed by atoms with Gasteiger partial charge >= 0.3 is 5.63 Å². The highest BCUT2D eigenvalue weighted by atomic mass is 16.5. The zero-order valence-corrected chi connectivity index (χ0v) is 12.7. The molecule has 0 saturated carbocycles. The molecular weight excluding hydrogens is 308 g/mol. The van der Waals surface area contributed by atoms with Crippen molar-refractivity contribution in [3.8, 4) is 11.5 Å². The fourth-order valence-corrected chi connectivity index (χ4v) is 2.77. The van der Waals surface area contributed by atoms with Crippen molar-refractivity contribution in [3.05, 3.63) is 75.3 Å². The van der Waals surface area contributed by atoms with Crippen LogP contribution in [0.2, 0.25) is 0 Å². The summed E-state index contributed by atoms with van der Waals surface area (Å²) >= 11 is 0. The summed E-state index contributed by atoms with van der Waals surface area (Å²) in [5, 5.41) is 10.0. The van der Waals surface area contributed by atoms with Crippen LogP contribution in [0.5, 0.6) is 11.5 Å². The van der Waals surface area contributed by atoms with E-state index in [1.54, 1.807) is 37.3 Å². The maximum absolute atomic E-state index is 12.7. The molecule has 1 N–H and O–H groups in total. The molecule has 5 nitrogen and oxygen atoms in total. The van der Waals surface area contributed by atoms with Gasteiger partial charge in [-0.2, -0.15) is 0 Å². The first-order valence-corrected chi connectivity index (χ1v) is 7.34. The number of phenols is 1. The number of carbonyl (C=O) groups excluding carboxylic acids is 1. The zero-order chi connectivity index (χ0) is 16.8. The van der Waals surface area contributed by atoms with Crippen LogP contribution in [0.4, 0.5) is 0 Å². The number of carbonyl (C=O) groups is 1. The van der Waals surface area contributed by atoms with Crippen molar-refractivity contribution in [2.75, 3.05) is 0 Å². The van der Waals surface area contributed by atoms with Gasteiger partial charge in [-0.1, -0.05) is 12.1 Å². The molecule has 0 aliphatic carbocycles. The normalized spacial score (nSPS) is 14.9. The SMILES string of the molecule is Cc1cc(=O)oc2c3c(ccc12)OC(=Cc1ccc(O)cc1)C3=O. The third-order valence-corrected chi connectivity index (χ3v) is 3.94. The van der Waals surface area contributed by atoms with E-state index >= 15 is 0 Å². The number of hydrogen-bond donors (Lipinski definition) is 1. The lowest BCUT2D eigenvalue weighted by Gasteiger charge is -2.02. The molecule has 1 aliphatic heterocycles. The van der Waals surface area contributed by atoms with Crippen molar-refractivity contribution in [2.24, 2.45) is 0 Å². The molecule has 2 heterocycles. The highest BCUT2D eigenvalue weighted by Crippen LogP contribution is 2.37. The van der Waals surface area contributed by atoms with Crippen LogP contribution in [-0.4, -0.2) is 10.9 Å². The predicted molar refractivity (Wildman–Crippen MR) is 88.3 cm³/mol. The number of phenolic OH excluding ortho intramolecular Hbond substituents is 1. The van der Waals surface area contributed by atoms with E-state index in [9.17, 15) is 14.7 Å². The minimum Gasteiger partial charge on any atom is -0.508 e. The van der Waals surface area contributed by atoms with Gasteiger partial charge in [0.25, 0.3) is 0 Å². The second kappa shape index (κ2) is 5.09. The first kappa shape index (κ1) is 14.3. The Hall–Kier alpha value is -3.34. The molecule has 1 aliphatic rings. The van der Waals surface area contributed by atoms with Gasteiger partial charge in [0.2, 0.25) is 5.78 Å². The van der Waals surface area contributed by atoms with E-state index in [0.717, 1.165) is 5.56 Å². The highest BCUT2D eigenvalue weighted by Gasteiger charge is 2.31. The second-order valence-corrected chi connectivity index (χ2v) is 5.60. The Morgan fingerprint density at radius 1 is 1.04 bits per heavy atom. The number of allylic oxidation sites excluding steroid dienone is 1. The fraction of sp³-hybridized carbons (Fsp3) is 0.0526. The van der Waals surface area contributed by atoms with Crippen LogP contribution in [0.15, 0.2) is 57.4 Å². The van der Waals surface area contributed by atoms with E-state index in [4.69, 9.17) is 9.15 Å². The molecule has 1 aromatic heterocycles. The minimum atomic E-state index is -0.503. The molecule has 0 atom stereocenters. The van der Waals surface area contributed by atoms with Gasteiger partial charge in [0.1, 0.15) is 17.1 Å². The number of benzene rings is 2. The number of fused-ring (bicyclic) bond motifs is 3. The van der Waals surface area contributed by atoms with Crippen molar-refractivity contribution in [2.45, 2.75) is 6.92 Å². The lowest BCUT2D eigenvalue weighted by Crippen LogP contribution is -2.02. The van der Waals surface area contributed by atoms with Crippen LogP contribution in [0.3, 0.4) is 0 Å². The topological polar surface area (TPSA) is 76.7 Å². The number of hydrogen-bond acceptors (Lipinski definition) is 5. The number of aromatic hydroxyl groups is 1. The standard InChI is InChI=1S/C19H12O5/c1-10-8-16(21)24-19-13(10)6-7-14-17(19)18(22)15(23-14)9-11-2-4-12(20)5-3-11/h2-9,20H,1H3. The van der Waals surface area contributed by atoms with E-state index in [2.05, 4.69) is 0 Å². The van der Waals surface area contributed by atoms with Gasteiger partial charge in [0, 0.05) is 11.5 Å². The summed E-state index contributed by atoms with van der Waals surface area (Å²) in [5.74, 6) is 0.318. The van der Waals surface area contributed by atoms with E-state index < -0.39 is 5.63 Å². The summed E-state index contributed by atoms with van der Waals surface area (Å²) in [6.45, 7) is 1.79. The number of ketones is 1. The smallest absolute Gasteiger partial charge is 0.336 e. The Morgan fingerprint density at radius 3 is 2.54 bits per heavy atom. The summed E-state index contributed by atoms with van der Waals surface area (Å²) in [7, 11) is 0. The molecule has 118 valence electrons.